The van der Waals surface area contributed by atoms with Crippen molar-refractivity contribution in [3.63, 3.8) is 0 Å². The monoisotopic (exact) mass is 352 g/mol. The Balaban J connectivity index is 1.98. The summed E-state index contributed by atoms with van der Waals surface area (Å²) in [5.41, 5.74) is 4.32. The van der Waals surface area contributed by atoms with E-state index in [1.165, 1.54) is 5.56 Å². The van der Waals surface area contributed by atoms with Crippen LogP contribution >= 0.6 is 0 Å². The maximum absolute atomic E-state index is 12.2. The fourth-order valence-electron chi connectivity index (χ4n) is 2.91. The van der Waals surface area contributed by atoms with E-state index in [1.807, 2.05) is 41.6 Å². The van der Waals surface area contributed by atoms with Gasteiger partial charge in [-0.2, -0.15) is 5.10 Å². The molecule has 5 heteroatoms. The van der Waals surface area contributed by atoms with Gasteiger partial charge in [0.2, 0.25) is 5.91 Å². The number of nitrogens with zero attached hydrogens (tertiary/aromatic N) is 3. The van der Waals surface area contributed by atoms with E-state index in [-0.39, 0.29) is 5.91 Å². The number of hydrogen-bond donors (Lipinski definition) is 1. The third-order valence-corrected chi connectivity index (χ3v) is 4.31. The Morgan fingerprint density at radius 1 is 1.19 bits per heavy atom. The second-order valence-corrected chi connectivity index (χ2v) is 6.34. The minimum atomic E-state index is -0.0108. The Bertz CT molecular complexity index is 739. The van der Waals surface area contributed by atoms with Crippen molar-refractivity contribution >= 4 is 5.91 Å². The van der Waals surface area contributed by atoms with Crippen LogP contribution in [0, 0.1) is 13.8 Å². The van der Waals surface area contributed by atoms with Crippen LogP contribution in [0.4, 0.5) is 0 Å². The smallest absolute Gasteiger partial charge is 0.234 e. The molecule has 1 heterocycles. The van der Waals surface area contributed by atoms with Gasteiger partial charge < -0.3 is 5.32 Å². The highest BCUT2D eigenvalue weighted by Crippen LogP contribution is 2.14. The normalized spacial score (nSPS) is 10.7. The van der Waals surface area contributed by atoms with Crippen molar-refractivity contribution in [1.82, 2.24) is 20.0 Å². The molecule has 0 fully saturated rings. The van der Waals surface area contributed by atoms with Crippen LogP contribution in [0.1, 0.15) is 22.5 Å². The molecule has 2 rings (SSSR count). The number of hydrogen-bond acceptors (Lipinski definition) is 3. The number of carbonyl (C=O) groups is 1. The van der Waals surface area contributed by atoms with Crippen molar-refractivity contribution in [3.8, 4) is 0 Å². The maximum atomic E-state index is 12.2. The number of amides is 1. The summed E-state index contributed by atoms with van der Waals surface area (Å²) in [4.78, 5) is 14.2. The highest BCUT2D eigenvalue weighted by atomic mass is 16.2. The van der Waals surface area contributed by atoms with Crippen LogP contribution in [-0.4, -0.2) is 40.2 Å². The molecule has 0 radical (unpaired) electrons. The van der Waals surface area contributed by atoms with Crippen LogP contribution in [0.15, 0.2) is 55.6 Å². The van der Waals surface area contributed by atoms with Crippen LogP contribution in [0.25, 0.3) is 0 Å². The average molecular weight is 352 g/mol. The van der Waals surface area contributed by atoms with Crippen molar-refractivity contribution < 1.29 is 4.79 Å². The number of aromatic nitrogens is 2. The molecular weight excluding hydrogens is 324 g/mol. The Morgan fingerprint density at radius 3 is 2.46 bits per heavy atom. The Labute approximate surface area is 156 Å². The zero-order valence-corrected chi connectivity index (χ0v) is 15.7. The SMILES string of the molecule is C=CCN(CC=C)CC(=O)NCc1c(C)nn(Cc2ccccc2)c1C. The summed E-state index contributed by atoms with van der Waals surface area (Å²) in [7, 11) is 0. The van der Waals surface area contributed by atoms with Crippen LogP contribution < -0.4 is 5.32 Å². The molecule has 1 N–H and O–H groups in total. The molecule has 0 spiro atoms. The molecule has 0 bridgehead atoms. The Kier molecular flexibility index (Phi) is 7.36. The summed E-state index contributed by atoms with van der Waals surface area (Å²) in [6.45, 7) is 14.3. The Morgan fingerprint density at radius 2 is 1.85 bits per heavy atom. The zero-order valence-electron chi connectivity index (χ0n) is 15.7. The second kappa shape index (κ2) is 9.73. The van der Waals surface area contributed by atoms with Gasteiger partial charge in [-0.25, -0.2) is 0 Å². The van der Waals surface area contributed by atoms with Gasteiger partial charge in [0.25, 0.3) is 0 Å². The number of rotatable bonds is 10. The summed E-state index contributed by atoms with van der Waals surface area (Å²) in [5.74, 6) is -0.0108. The molecule has 0 saturated carbocycles. The predicted molar refractivity (Wildman–Crippen MR) is 106 cm³/mol. The van der Waals surface area contributed by atoms with Crippen LogP contribution in [0.3, 0.4) is 0 Å². The van der Waals surface area contributed by atoms with Crippen molar-refractivity contribution in [1.29, 1.82) is 0 Å². The molecule has 0 aliphatic heterocycles. The van der Waals surface area contributed by atoms with Gasteiger partial charge in [0.05, 0.1) is 18.8 Å². The standard InChI is InChI=1S/C21H28N4O/c1-5-12-24(13-6-2)16-21(26)22-14-20-17(3)23-25(18(20)4)15-19-10-8-7-9-11-19/h5-11H,1-2,12-16H2,3-4H3,(H,22,26). The fourth-order valence-corrected chi connectivity index (χ4v) is 2.91. The van der Waals surface area contributed by atoms with Crippen molar-refractivity contribution in [3.05, 3.63) is 78.2 Å². The first-order chi connectivity index (χ1) is 12.5. The van der Waals surface area contributed by atoms with Gasteiger partial charge in [-0.3, -0.25) is 14.4 Å². The van der Waals surface area contributed by atoms with Crippen LogP contribution in [-0.2, 0) is 17.9 Å². The second-order valence-electron chi connectivity index (χ2n) is 6.34. The van der Waals surface area contributed by atoms with E-state index in [1.54, 1.807) is 12.2 Å². The minimum absolute atomic E-state index is 0.0108. The molecule has 1 aromatic carbocycles. The lowest BCUT2D eigenvalue weighted by atomic mass is 10.2. The number of benzene rings is 1. The molecule has 26 heavy (non-hydrogen) atoms. The third-order valence-electron chi connectivity index (χ3n) is 4.31. The lowest BCUT2D eigenvalue weighted by molar-refractivity contribution is -0.122. The third kappa shape index (κ3) is 5.43. The molecule has 0 aliphatic rings. The van der Waals surface area contributed by atoms with E-state index >= 15 is 0 Å². The quantitative estimate of drug-likeness (QED) is 0.669. The zero-order chi connectivity index (χ0) is 18.9. The van der Waals surface area contributed by atoms with Gasteiger partial charge in [0, 0.05) is 30.9 Å². The summed E-state index contributed by atoms with van der Waals surface area (Å²) in [5, 5.41) is 7.63. The number of aryl methyl sites for hydroxylation is 1. The van der Waals surface area contributed by atoms with E-state index in [0.29, 0.717) is 26.2 Å². The summed E-state index contributed by atoms with van der Waals surface area (Å²) in [6, 6.07) is 10.2. The van der Waals surface area contributed by atoms with E-state index < -0.39 is 0 Å². The van der Waals surface area contributed by atoms with Gasteiger partial charge in [0.15, 0.2) is 0 Å². The molecule has 0 unspecified atom stereocenters. The van der Waals surface area contributed by atoms with E-state index in [2.05, 4.69) is 35.7 Å². The molecule has 0 aliphatic carbocycles. The van der Waals surface area contributed by atoms with E-state index in [0.717, 1.165) is 23.5 Å². The molecule has 0 saturated heterocycles. The first-order valence-electron chi connectivity index (χ1n) is 8.82. The van der Waals surface area contributed by atoms with Gasteiger partial charge >= 0.3 is 0 Å². The van der Waals surface area contributed by atoms with E-state index in [4.69, 9.17) is 0 Å². The molecule has 1 amide bonds. The van der Waals surface area contributed by atoms with Gasteiger partial charge in [0.1, 0.15) is 0 Å². The van der Waals surface area contributed by atoms with Crippen LogP contribution in [0.2, 0.25) is 0 Å². The average Bonchev–Trinajstić information content (AvgIpc) is 2.88. The van der Waals surface area contributed by atoms with Gasteiger partial charge in [-0.1, -0.05) is 42.5 Å². The summed E-state index contributed by atoms with van der Waals surface area (Å²) >= 11 is 0. The van der Waals surface area contributed by atoms with Crippen LogP contribution in [0.5, 0.6) is 0 Å². The van der Waals surface area contributed by atoms with Gasteiger partial charge in [-0.15, -0.1) is 13.2 Å². The largest absolute Gasteiger partial charge is 0.351 e. The highest BCUT2D eigenvalue weighted by molar-refractivity contribution is 5.78. The fraction of sp³-hybridized carbons (Fsp3) is 0.333. The molecule has 1 aromatic heterocycles. The predicted octanol–water partition coefficient (Wildman–Crippen LogP) is 2.84. The molecule has 2 aromatic rings. The summed E-state index contributed by atoms with van der Waals surface area (Å²) in [6.07, 6.45) is 3.58. The van der Waals surface area contributed by atoms with Crippen molar-refractivity contribution in [2.24, 2.45) is 0 Å². The minimum Gasteiger partial charge on any atom is -0.351 e. The van der Waals surface area contributed by atoms with Crippen molar-refractivity contribution in [2.75, 3.05) is 19.6 Å². The molecule has 138 valence electrons. The Hall–Kier alpha value is -2.66. The first-order valence-corrected chi connectivity index (χ1v) is 8.82. The molecule has 0 atom stereocenters. The van der Waals surface area contributed by atoms with E-state index in [9.17, 15) is 4.79 Å². The molecule has 5 nitrogen and oxygen atoms in total. The lowest BCUT2D eigenvalue weighted by Crippen LogP contribution is -2.37. The highest BCUT2D eigenvalue weighted by Gasteiger charge is 2.14. The first kappa shape index (κ1) is 19.7. The van der Waals surface area contributed by atoms with Gasteiger partial charge in [-0.05, 0) is 19.4 Å². The number of nitrogens with one attached hydrogen (secondary N) is 1. The number of carbonyl (C=O) groups excluding carboxylic acids is 1. The lowest BCUT2D eigenvalue weighted by Gasteiger charge is -2.18. The maximum Gasteiger partial charge on any atom is 0.234 e. The topological polar surface area (TPSA) is 50.2 Å². The summed E-state index contributed by atoms with van der Waals surface area (Å²) < 4.78 is 1.99. The molecular formula is C21H28N4O. The van der Waals surface area contributed by atoms with Crippen molar-refractivity contribution in [2.45, 2.75) is 26.9 Å².